The summed E-state index contributed by atoms with van der Waals surface area (Å²) in [5.41, 5.74) is 1.11. The van der Waals surface area contributed by atoms with Gasteiger partial charge < -0.3 is 4.74 Å². The molecule has 1 aromatic carbocycles. The molecule has 0 aliphatic rings. The molecular formula is C12H10ClNO. The number of aromatic nitrogens is 1. The molecule has 0 atom stereocenters. The van der Waals surface area contributed by atoms with Gasteiger partial charge in [-0.15, -0.1) is 0 Å². The van der Waals surface area contributed by atoms with Gasteiger partial charge in [-0.3, -0.25) is 0 Å². The van der Waals surface area contributed by atoms with Crippen molar-refractivity contribution in [1.82, 2.24) is 4.98 Å². The Morgan fingerprint density at radius 2 is 2.07 bits per heavy atom. The van der Waals surface area contributed by atoms with Crippen LogP contribution in [0.1, 0.15) is 5.56 Å². The van der Waals surface area contributed by atoms with Crippen LogP contribution in [0.5, 0.6) is 11.6 Å². The minimum atomic E-state index is 0.572. The summed E-state index contributed by atoms with van der Waals surface area (Å²) >= 11 is 5.84. The van der Waals surface area contributed by atoms with Crippen molar-refractivity contribution in [3.8, 4) is 11.6 Å². The number of ether oxygens (including phenoxy) is 1. The number of halogens is 1. The van der Waals surface area contributed by atoms with Gasteiger partial charge >= 0.3 is 0 Å². The lowest BCUT2D eigenvalue weighted by Gasteiger charge is -2.04. The van der Waals surface area contributed by atoms with Crippen LogP contribution in [0.25, 0.3) is 0 Å². The molecular weight excluding hydrogens is 210 g/mol. The predicted molar refractivity (Wildman–Crippen MR) is 60.5 cm³/mol. The molecule has 0 saturated heterocycles. The maximum absolute atomic E-state index is 5.84. The number of nitrogens with zero attached hydrogens (tertiary/aromatic N) is 1. The SMILES string of the molecule is Cc1ccc(Oc2cccc(Cl)c2)nc1. The maximum Gasteiger partial charge on any atom is 0.219 e. The topological polar surface area (TPSA) is 22.1 Å². The standard InChI is InChI=1S/C12H10ClNO/c1-9-5-6-12(14-8-9)15-11-4-2-3-10(13)7-11/h2-8H,1H3. The molecule has 2 rings (SSSR count). The Bertz CT molecular complexity index is 453. The van der Waals surface area contributed by atoms with E-state index in [4.69, 9.17) is 16.3 Å². The monoisotopic (exact) mass is 219 g/mol. The fraction of sp³-hybridized carbons (Fsp3) is 0.0833. The van der Waals surface area contributed by atoms with Crippen molar-refractivity contribution in [2.24, 2.45) is 0 Å². The van der Waals surface area contributed by atoms with Crippen molar-refractivity contribution in [2.45, 2.75) is 6.92 Å². The quantitative estimate of drug-likeness (QED) is 0.766. The minimum Gasteiger partial charge on any atom is -0.439 e. The Labute approximate surface area is 93.5 Å². The van der Waals surface area contributed by atoms with E-state index in [0.717, 1.165) is 5.56 Å². The Hall–Kier alpha value is -1.54. The number of aryl methyl sites for hydroxylation is 1. The fourth-order valence-electron chi connectivity index (χ4n) is 1.17. The second-order valence-electron chi connectivity index (χ2n) is 3.23. The van der Waals surface area contributed by atoms with E-state index < -0.39 is 0 Å². The highest BCUT2D eigenvalue weighted by Gasteiger charge is 1.98. The molecule has 3 heteroatoms. The van der Waals surface area contributed by atoms with E-state index in [-0.39, 0.29) is 0 Å². The lowest BCUT2D eigenvalue weighted by atomic mass is 10.3. The number of rotatable bonds is 2. The van der Waals surface area contributed by atoms with Crippen molar-refractivity contribution in [3.05, 3.63) is 53.2 Å². The molecule has 2 nitrogen and oxygen atoms in total. The Kier molecular flexibility index (Phi) is 2.88. The predicted octanol–water partition coefficient (Wildman–Crippen LogP) is 3.84. The second kappa shape index (κ2) is 4.32. The lowest BCUT2D eigenvalue weighted by Crippen LogP contribution is -1.87. The summed E-state index contributed by atoms with van der Waals surface area (Å²) in [4.78, 5) is 4.14. The van der Waals surface area contributed by atoms with Crippen LogP contribution in [0.2, 0.25) is 5.02 Å². The average Bonchev–Trinajstić information content (AvgIpc) is 2.22. The number of hydrogen-bond acceptors (Lipinski definition) is 2. The van der Waals surface area contributed by atoms with E-state index in [2.05, 4.69) is 4.98 Å². The summed E-state index contributed by atoms with van der Waals surface area (Å²) in [6.45, 7) is 1.98. The van der Waals surface area contributed by atoms with E-state index in [1.54, 1.807) is 18.3 Å². The first-order valence-electron chi connectivity index (χ1n) is 4.60. The lowest BCUT2D eigenvalue weighted by molar-refractivity contribution is 0.463. The molecule has 0 bridgehead atoms. The van der Waals surface area contributed by atoms with E-state index in [1.807, 2.05) is 31.2 Å². The molecule has 0 unspecified atom stereocenters. The van der Waals surface area contributed by atoms with Crippen molar-refractivity contribution in [2.75, 3.05) is 0 Å². The first-order valence-corrected chi connectivity index (χ1v) is 4.98. The van der Waals surface area contributed by atoms with Crippen LogP contribution in [0, 0.1) is 6.92 Å². The van der Waals surface area contributed by atoms with Crippen LogP contribution >= 0.6 is 11.6 Å². The molecule has 1 aromatic heterocycles. The smallest absolute Gasteiger partial charge is 0.219 e. The molecule has 0 amide bonds. The first kappa shape index (κ1) is 9.99. The molecule has 2 aromatic rings. The van der Waals surface area contributed by atoms with Crippen molar-refractivity contribution >= 4 is 11.6 Å². The maximum atomic E-state index is 5.84. The summed E-state index contributed by atoms with van der Waals surface area (Å²) in [6.07, 6.45) is 1.76. The van der Waals surface area contributed by atoms with E-state index in [0.29, 0.717) is 16.7 Å². The van der Waals surface area contributed by atoms with E-state index >= 15 is 0 Å². The van der Waals surface area contributed by atoms with Gasteiger partial charge in [0.05, 0.1) is 0 Å². The van der Waals surface area contributed by atoms with Crippen molar-refractivity contribution in [1.29, 1.82) is 0 Å². The summed E-state index contributed by atoms with van der Waals surface area (Å²) in [5, 5.41) is 0.652. The molecule has 0 radical (unpaired) electrons. The van der Waals surface area contributed by atoms with Crippen LogP contribution in [0.15, 0.2) is 42.6 Å². The van der Waals surface area contributed by atoms with Crippen LogP contribution < -0.4 is 4.74 Å². The number of benzene rings is 1. The molecule has 0 N–H and O–H groups in total. The Morgan fingerprint density at radius 1 is 1.20 bits per heavy atom. The van der Waals surface area contributed by atoms with Gasteiger partial charge in [-0.05, 0) is 30.7 Å². The van der Waals surface area contributed by atoms with Gasteiger partial charge in [-0.2, -0.15) is 0 Å². The third kappa shape index (κ3) is 2.70. The highest BCUT2D eigenvalue weighted by Crippen LogP contribution is 2.22. The summed E-state index contributed by atoms with van der Waals surface area (Å²) in [7, 11) is 0. The van der Waals surface area contributed by atoms with Gasteiger partial charge in [0.25, 0.3) is 0 Å². The van der Waals surface area contributed by atoms with Gasteiger partial charge in [-0.25, -0.2) is 4.98 Å². The zero-order valence-electron chi connectivity index (χ0n) is 8.27. The Balaban J connectivity index is 2.18. The van der Waals surface area contributed by atoms with Crippen molar-refractivity contribution < 1.29 is 4.74 Å². The molecule has 0 aliphatic carbocycles. The van der Waals surface area contributed by atoms with E-state index in [9.17, 15) is 0 Å². The van der Waals surface area contributed by atoms with Gasteiger partial charge in [0.15, 0.2) is 0 Å². The largest absolute Gasteiger partial charge is 0.439 e. The van der Waals surface area contributed by atoms with Crippen LogP contribution in [0.4, 0.5) is 0 Å². The molecule has 0 spiro atoms. The molecule has 15 heavy (non-hydrogen) atoms. The van der Waals surface area contributed by atoms with Crippen molar-refractivity contribution in [3.63, 3.8) is 0 Å². The average molecular weight is 220 g/mol. The normalized spacial score (nSPS) is 10.0. The van der Waals surface area contributed by atoms with Gasteiger partial charge in [0, 0.05) is 17.3 Å². The molecule has 0 fully saturated rings. The Morgan fingerprint density at radius 3 is 2.73 bits per heavy atom. The highest BCUT2D eigenvalue weighted by atomic mass is 35.5. The molecule has 1 heterocycles. The van der Waals surface area contributed by atoms with Crippen LogP contribution in [-0.2, 0) is 0 Å². The zero-order chi connectivity index (χ0) is 10.7. The molecule has 0 saturated carbocycles. The second-order valence-corrected chi connectivity index (χ2v) is 3.67. The summed E-state index contributed by atoms with van der Waals surface area (Å²) in [5.74, 6) is 1.27. The van der Waals surface area contributed by atoms with Crippen LogP contribution in [-0.4, -0.2) is 4.98 Å². The zero-order valence-corrected chi connectivity index (χ0v) is 9.03. The van der Waals surface area contributed by atoms with Gasteiger partial charge in [0.2, 0.25) is 5.88 Å². The van der Waals surface area contributed by atoms with Gasteiger partial charge in [-0.1, -0.05) is 23.7 Å². The first-order chi connectivity index (χ1) is 7.24. The highest BCUT2D eigenvalue weighted by molar-refractivity contribution is 6.30. The third-order valence-corrected chi connectivity index (χ3v) is 2.14. The number of pyridine rings is 1. The fourth-order valence-corrected chi connectivity index (χ4v) is 1.35. The van der Waals surface area contributed by atoms with Gasteiger partial charge in [0.1, 0.15) is 5.75 Å². The van der Waals surface area contributed by atoms with E-state index in [1.165, 1.54) is 0 Å². The summed E-state index contributed by atoms with van der Waals surface area (Å²) in [6, 6.07) is 11.0. The molecule has 76 valence electrons. The minimum absolute atomic E-state index is 0.572. The third-order valence-electron chi connectivity index (χ3n) is 1.90. The van der Waals surface area contributed by atoms with Crippen LogP contribution in [0.3, 0.4) is 0 Å². The summed E-state index contributed by atoms with van der Waals surface area (Å²) < 4.78 is 5.52. The number of hydrogen-bond donors (Lipinski definition) is 0. The molecule has 0 aliphatic heterocycles.